The molecule has 3 nitrogen and oxygen atoms in total. The Morgan fingerprint density at radius 2 is 1.54 bits per heavy atom. The van der Waals surface area contributed by atoms with Crippen LogP contribution in [-0.4, -0.2) is 21.8 Å². The van der Waals surface area contributed by atoms with E-state index < -0.39 is 12.7 Å². The second kappa shape index (κ2) is 5.68. The monoisotopic (exact) mass is 341 g/mol. The van der Waals surface area contributed by atoms with Gasteiger partial charge < -0.3 is 5.11 Å². The predicted octanol–water partition coefficient (Wildman–Crippen LogP) is 3.93. The molecule has 3 rings (SSSR count). The number of hydrogen-bond acceptors (Lipinski definition) is 2. The third-order valence-electron chi connectivity index (χ3n) is 4.60. The smallest absolute Gasteiger partial charge is 0.276 e. The molecule has 1 aliphatic heterocycles. The largest absolute Gasteiger partial charge is 0.390 e. The minimum atomic E-state index is -2.33. The second-order valence-corrected chi connectivity index (χ2v) is 11.4. The molecule has 126 valence electrons. The first-order valence-corrected chi connectivity index (χ1v) is 9.96. The van der Waals surface area contributed by atoms with Crippen molar-refractivity contribution in [2.75, 3.05) is 0 Å². The lowest BCUT2D eigenvalue weighted by Gasteiger charge is -2.41. The summed E-state index contributed by atoms with van der Waals surface area (Å²) in [6.45, 7) is 7.90. The van der Waals surface area contributed by atoms with Gasteiger partial charge in [-0.1, -0.05) is 62.4 Å². The van der Waals surface area contributed by atoms with Gasteiger partial charge >= 0.3 is 0 Å². The topological polar surface area (TPSA) is 49.7 Å². The standard InChI is InChI=1S/C20H24NO2P/c1-19(2,23)14-20(3,4)24(15-10-6-5-7-11-15)17-13-9-8-12-16(17)18(22)21-24/h5-13,23H,14H2,1-4H3/t24-/m1/s1. The summed E-state index contributed by atoms with van der Waals surface area (Å²) < 4.78 is 4.78. The molecule has 0 aromatic heterocycles. The van der Waals surface area contributed by atoms with Crippen molar-refractivity contribution in [1.82, 2.24) is 0 Å². The fraction of sp³-hybridized carbons (Fsp3) is 0.350. The van der Waals surface area contributed by atoms with Crippen LogP contribution in [0.3, 0.4) is 0 Å². The lowest BCUT2D eigenvalue weighted by Crippen LogP contribution is -2.39. The molecule has 24 heavy (non-hydrogen) atoms. The van der Waals surface area contributed by atoms with E-state index in [1.807, 2.05) is 56.3 Å². The molecule has 1 atom stereocenters. The number of rotatable bonds is 4. The summed E-state index contributed by atoms with van der Waals surface area (Å²) in [5.41, 5.74) is -0.125. The maximum atomic E-state index is 12.7. The maximum Gasteiger partial charge on any atom is 0.276 e. The van der Waals surface area contributed by atoms with E-state index >= 15 is 0 Å². The fourth-order valence-corrected chi connectivity index (χ4v) is 8.55. The van der Waals surface area contributed by atoms with Crippen LogP contribution < -0.4 is 10.6 Å². The normalized spacial score (nSPS) is 20.6. The zero-order valence-corrected chi connectivity index (χ0v) is 15.5. The van der Waals surface area contributed by atoms with E-state index in [1.54, 1.807) is 0 Å². The lowest BCUT2D eigenvalue weighted by molar-refractivity contribution is 0.0621. The van der Waals surface area contributed by atoms with E-state index in [9.17, 15) is 9.90 Å². The van der Waals surface area contributed by atoms with Gasteiger partial charge in [-0.25, -0.2) is 4.74 Å². The first-order valence-electron chi connectivity index (χ1n) is 8.22. The summed E-state index contributed by atoms with van der Waals surface area (Å²) in [4.78, 5) is 12.7. The number of fused-ring (bicyclic) bond motifs is 1. The highest BCUT2D eigenvalue weighted by atomic mass is 31.2. The van der Waals surface area contributed by atoms with E-state index in [4.69, 9.17) is 4.74 Å². The van der Waals surface area contributed by atoms with E-state index in [2.05, 4.69) is 26.0 Å². The summed E-state index contributed by atoms with van der Waals surface area (Å²) in [5.74, 6) is -0.133. The molecule has 0 saturated heterocycles. The van der Waals surface area contributed by atoms with Crippen molar-refractivity contribution in [3.05, 3.63) is 60.2 Å². The van der Waals surface area contributed by atoms with Crippen molar-refractivity contribution in [3.8, 4) is 0 Å². The van der Waals surface area contributed by atoms with Gasteiger partial charge in [0, 0.05) is 17.5 Å². The van der Waals surface area contributed by atoms with Crippen LogP contribution in [0.4, 0.5) is 0 Å². The summed E-state index contributed by atoms with van der Waals surface area (Å²) in [6.07, 6.45) is 0.563. The van der Waals surface area contributed by atoms with E-state index in [1.165, 1.54) is 0 Å². The van der Waals surface area contributed by atoms with Crippen LogP contribution in [0.2, 0.25) is 0 Å². The quantitative estimate of drug-likeness (QED) is 0.857. The van der Waals surface area contributed by atoms with Gasteiger partial charge in [-0.15, -0.1) is 0 Å². The first-order chi connectivity index (χ1) is 11.2. The number of aliphatic hydroxyl groups is 1. The van der Waals surface area contributed by atoms with Gasteiger partial charge in [0.05, 0.1) is 11.2 Å². The lowest BCUT2D eigenvalue weighted by atomic mass is 9.96. The van der Waals surface area contributed by atoms with Gasteiger partial charge in [-0.3, -0.25) is 4.79 Å². The Hall–Kier alpha value is -1.70. The third kappa shape index (κ3) is 2.66. The Labute approximate surface area is 143 Å². The van der Waals surface area contributed by atoms with Crippen LogP contribution >= 0.6 is 7.05 Å². The molecule has 2 aromatic carbocycles. The molecule has 0 spiro atoms. The molecule has 0 fully saturated rings. The van der Waals surface area contributed by atoms with Gasteiger partial charge in [0.1, 0.15) is 0 Å². The minimum absolute atomic E-state index is 0.133. The van der Waals surface area contributed by atoms with Crippen LogP contribution in [0.15, 0.2) is 59.3 Å². The average Bonchev–Trinajstić information content (AvgIpc) is 2.81. The van der Waals surface area contributed by atoms with Gasteiger partial charge in [0.15, 0.2) is 0 Å². The number of benzene rings is 2. The summed E-state index contributed by atoms with van der Waals surface area (Å²) in [6, 6.07) is 17.9. The molecule has 2 aromatic rings. The molecule has 1 N–H and O–H groups in total. The van der Waals surface area contributed by atoms with Gasteiger partial charge in [0.25, 0.3) is 5.91 Å². The molecular weight excluding hydrogens is 317 g/mol. The number of carbonyl (C=O) groups excluding carboxylic acids is 1. The van der Waals surface area contributed by atoms with Crippen molar-refractivity contribution in [2.24, 2.45) is 4.74 Å². The summed E-state index contributed by atoms with van der Waals surface area (Å²) in [5, 5.41) is 12.3. The SMILES string of the molecule is CC(C)(O)CC(C)(C)[P@]1(c2ccccc2)=NC(=O)c2ccccc21. The molecule has 0 radical (unpaired) electrons. The number of hydrogen-bond donors (Lipinski definition) is 1. The van der Waals surface area contributed by atoms with Crippen LogP contribution in [0.25, 0.3) is 0 Å². The van der Waals surface area contributed by atoms with E-state index in [-0.39, 0.29) is 11.1 Å². The van der Waals surface area contributed by atoms with Crippen LogP contribution in [0, 0.1) is 0 Å². The zero-order valence-electron chi connectivity index (χ0n) is 14.7. The van der Waals surface area contributed by atoms with Crippen molar-refractivity contribution in [1.29, 1.82) is 0 Å². The number of nitrogens with zero attached hydrogens (tertiary/aromatic N) is 1. The van der Waals surface area contributed by atoms with Gasteiger partial charge in [0.2, 0.25) is 0 Å². The minimum Gasteiger partial charge on any atom is -0.390 e. The van der Waals surface area contributed by atoms with E-state index in [0.717, 1.165) is 10.6 Å². The molecule has 1 heterocycles. The van der Waals surface area contributed by atoms with Gasteiger partial charge in [-0.2, -0.15) is 0 Å². The zero-order chi connectivity index (χ0) is 17.6. The first kappa shape index (κ1) is 17.1. The van der Waals surface area contributed by atoms with Crippen LogP contribution in [0.1, 0.15) is 44.5 Å². The molecule has 0 aliphatic carbocycles. The van der Waals surface area contributed by atoms with Crippen molar-refractivity contribution in [2.45, 2.75) is 44.9 Å². The summed E-state index contributed by atoms with van der Waals surface area (Å²) in [7, 11) is -2.33. The highest BCUT2D eigenvalue weighted by Gasteiger charge is 2.48. The Balaban J connectivity index is 2.34. The molecular formula is C20H24NO2P. The maximum absolute atomic E-state index is 12.7. The van der Waals surface area contributed by atoms with Crippen molar-refractivity contribution in [3.63, 3.8) is 0 Å². The summed E-state index contributed by atoms with van der Waals surface area (Å²) >= 11 is 0. The molecule has 0 unspecified atom stereocenters. The molecule has 0 bridgehead atoms. The number of carbonyl (C=O) groups is 1. The Kier molecular flexibility index (Phi) is 4.06. The highest BCUT2D eigenvalue weighted by Crippen LogP contribution is 2.64. The second-order valence-electron chi connectivity index (χ2n) is 7.69. The third-order valence-corrected chi connectivity index (χ3v) is 9.12. The number of amides is 1. The van der Waals surface area contributed by atoms with Crippen molar-refractivity contribution >= 4 is 23.6 Å². The Bertz CT molecular complexity index is 832. The van der Waals surface area contributed by atoms with Crippen LogP contribution in [-0.2, 0) is 0 Å². The molecule has 1 aliphatic rings. The average molecular weight is 341 g/mol. The Morgan fingerprint density at radius 3 is 2.17 bits per heavy atom. The predicted molar refractivity (Wildman–Crippen MR) is 101 cm³/mol. The Morgan fingerprint density at radius 1 is 0.958 bits per heavy atom. The fourth-order valence-electron chi connectivity index (χ4n) is 4.01. The van der Waals surface area contributed by atoms with Gasteiger partial charge in [-0.05, 0) is 31.6 Å². The highest BCUT2D eigenvalue weighted by molar-refractivity contribution is 7.83. The molecule has 4 heteroatoms. The van der Waals surface area contributed by atoms with Crippen LogP contribution in [0.5, 0.6) is 0 Å². The molecule has 0 saturated carbocycles. The van der Waals surface area contributed by atoms with Crippen molar-refractivity contribution < 1.29 is 9.90 Å². The van der Waals surface area contributed by atoms with E-state index in [0.29, 0.717) is 12.0 Å². The molecule has 1 amide bonds.